The molecule has 2 N–H and O–H groups in total. The summed E-state index contributed by atoms with van der Waals surface area (Å²) in [5.74, 6) is -0.466. The first kappa shape index (κ1) is 19.9. The summed E-state index contributed by atoms with van der Waals surface area (Å²) in [6.07, 6.45) is 0.586. The number of rotatable bonds is 9. The van der Waals surface area contributed by atoms with Crippen molar-refractivity contribution in [1.82, 2.24) is 0 Å². The SMILES string of the molecule is CCOC(=O)CCCOc1cc([N+](=O)O)ccc1NC(=O)c1ccccc1. The number of nitrogens with zero attached hydrogens (tertiary/aromatic N) is 1. The van der Waals surface area contributed by atoms with Crippen LogP contribution in [0, 0.1) is 4.91 Å². The zero-order valence-electron chi connectivity index (χ0n) is 14.9. The number of hydrogen-bond acceptors (Lipinski definition) is 5. The number of carbonyl (C=O) groups is 2. The number of carbonyl (C=O) groups excluding carboxylic acids is 2. The molecule has 0 saturated heterocycles. The van der Waals surface area contributed by atoms with E-state index in [2.05, 4.69) is 5.32 Å². The molecule has 0 bridgehead atoms. The van der Waals surface area contributed by atoms with Crippen molar-refractivity contribution in [1.29, 1.82) is 0 Å². The monoisotopic (exact) mass is 373 g/mol. The number of ether oxygens (including phenoxy) is 2. The van der Waals surface area contributed by atoms with Crippen molar-refractivity contribution in [3.8, 4) is 5.75 Å². The zero-order valence-corrected chi connectivity index (χ0v) is 14.9. The third kappa shape index (κ3) is 6.10. The van der Waals surface area contributed by atoms with Crippen molar-refractivity contribution in [2.45, 2.75) is 19.8 Å². The molecular formula is C19H21N2O6+. The molecule has 0 spiro atoms. The molecule has 8 nitrogen and oxygen atoms in total. The first-order valence-electron chi connectivity index (χ1n) is 8.46. The van der Waals surface area contributed by atoms with Crippen molar-refractivity contribution < 1.29 is 29.2 Å². The summed E-state index contributed by atoms with van der Waals surface area (Å²) in [6.45, 7) is 2.21. The van der Waals surface area contributed by atoms with Gasteiger partial charge in [0.15, 0.2) is 0 Å². The van der Waals surface area contributed by atoms with Crippen molar-refractivity contribution in [3.05, 3.63) is 59.0 Å². The van der Waals surface area contributed by atoms with Gasteiger partial charge in [-0.1, -0.05) is 18.2 Å². The lowest BCUT2D eigenvalue weighted by atomic mass is 10.2. The predicted octanol–water partition coefficient (Wildman–Crippen LogP) is 3.46. The Bertz CT molecular complexity index is 807. The van der Waals surface area contributed by atoms with E-state index in [0.717, 1.165) is 0 Å². The molecule has 0 saturated carbocycles. The van der Waals surface area contributed by atoms with Gasteiger partial charge >= 0.3 is 11.7 Å². The molecule has 0 aliphatic carbocycles. The van der Waals surface area contributed by atoms with E-state index in [-0.39, 0.29) is 41.3 Å². The van der Waals surface area contributed by atoms with Crippen LogP contribution in [0.4, 0.5) is 11.4 Å². The van der Waals surface area contributed by atoms with Gasteiger partial charge in [-0.3, -0.25) is 9.59 Å². The standard InChI is InChI=1S/C19H20N2O6/c1-2-26-18(22)9-6-12-27-17-13-15(21(24)25)10-11-16(17)20-19(23)14-7-4-3-5-8-14/h3-5,7-8,10-11,13H,2,6,9,12H2,1H3,(H-,20,23,24,25)/p+1. The lowest BCUT2D eigenvalue weighted by Gasteiger charge is -2.12. The molecule has 2 aromatic rings. The molecule has 2 aromatic carbocycles. The Morgan fingerprint density at radius 1 is 1.15 bits per heavy atom. The Morgan fingerprint density at radius 2 is 1.89 bits per heavy atom. The van der Waals surface area contributed by atoms with E-state index in [1.165, 1.54) is 18.2 Å². The Kier molecular flexibility index (Phi) is 7.30. The largest absolute Gasteiger partial charge is 0.491 e. The van der Waals surface area contributed by atoms with Crippen LogP contribution in [0.5, 0.6) is 5.75 Å². The predicted molar refractivity (Wildman–Crippen MR) is 97.3 cm³/mol. The molecule has 0 fully saturated rings. The van der Waals surface area contributed by atoms with Gasteiger partial charge in [0.1, 0.15) is 5.75 Å². The van der Waals surface area contributed by atoms with E-state index >= 15 is 0 Å². The second-order valence-corrected chi connectivity index (χ2v) is 5.53. The van der Waals surface area contributed by atoms with Crippen LogP contribution in [0.2, 0.25) is 0 Å². The molecule has 0 aromatic heterocycles. The van der Waals surface area contributed by atoms with E-state index in [0.29, 0.717) is 24.3 Å². The summed E-state index contributed by atoms with van der Waals surface area (Å²) in [6, 6.07) is 12.7. The number of benzene rings is 2. The van der Waals surface area contributed by atoms with Gasteiger partial charge in [-0.25, -0.2) is 5.21 Å². The zero-order chi connectivity index (χ0) is 19.6. The van der Waals surface area contributed by atoms with Crippen molar-refractivity contribution in [2.24, 2.45) is 0 Å². The van der Waals surface area contributed by atoms with Gasteiger partial charge in [-0.2, -0.15) is 0 Å². The average Bonchev–Trinajstić information content (AvgIpc) is 2.67. The second kappa shape index (κ2) is 9.91. The highest BCUT2D eigenvalue weighted by Crippen LogP contribution is 2.29. The molecule has 0 radical (unpaired) electrons. The smallest absolute Gasteiger partial charge is 0.320 e. The van der Waals surface area contributed by atoms with Gasteiger partial charge in [-0.05, 0) is 31.5 Å². The van der Waals surface area contributed by atoms with Gasteiger partial charge in [0, 0.05) is 18.1 Å². The highest BCUT2D eigenvalue weighted by molar-refractivity contribution is 6.05. The molecule has 0 aliphatic rings. The first-order valence-corrected chi connectivity index (χ1v) is 8.46. The highest BCUT2D eigenvalue weighted by Gasteiger charge is 2.18. The number of anilines is 1. The van der Waals surface area contributed by atoms with Crippen LogP contribution >= 0.6 is 0 Å². The quantitative estimate of drug-likeness (QED) is 0.396. The average molecular weight is 373 g/mol. The van der Waals surface area contributed by atoms with Crippen LogP contribution in [0.25, 0.3) is 0 Å². The molecule has 1 amide bonds. The van der Waals surface area contributed by atoms with Gasteiger partial charge in [0.05, 0.1) is 29.9 Å². The highest BCUT2D eigenvalue weighted by atomic mass is 16.6. The fourth-order valence-corrected chi connectivity index (χ4v) is 2.27. The van der Waals surface area contributed by atoms with Gasteiger partial charge < -0.3 is 14.8 Å². The molecule has 2 rings (SSSR count). The van der Waals surface area contributed by atoms with E-state index < -0.39 is 0 Å². The summed E-state index contributed by atoms with van der Waals surface area (Å²) >= 11 is 0. The molecular weight excluding hydrogens is 352 g/mol. The van der Waals surface area contributed by atoms with E-state index in [4.69, 9.17) is 14.7 Å². The molecule has 142 valence electrons. The summed E-state index contributed by atoms with van der Waals surface area (Å²) in [5.41, 5.74) is 0.751. The third-order valence-electron chi connectivity index (χ3n) is 3.56. The molecule has 27 heavy (non-hydrogen) atoms. The Morgan fingerprint density at radius 3 is 2.56 bits per heavy atom. The maximum Gasteiger partial charge on any atom is 0.320 e. The minimum Gasteiger partial charge on any atom is -0.491 e. The summed E-state index contributed by atoms with van der Waals surface area (Å²) in [5, 5.41) is 11.8. The van der Waals surface area contributed by atoms with E-state index in [9.17, 15) is 14.5 Å². The summed E-state index contributed by atoms with van der Waals surface area (Å²) < 4.78 is 10.4. The first-order chi connectivity index (χ1) is 13.0. The van der Waals surface area contributed by atoms with Crippen LogP contribution in [-0.2, 0) is 9.53 Å². The second-order valence-electron chi connectivity index (χ2n) is 5.53. The molecule has 0 atom stereocenters. The lowest BCUT2D eigenvalue weighted by Crippen LogP contribution is -2.13. The van der Waals surface area contributed by atoms with Gasteiger partial charge in [-0.15, -0.1) is 0 Å². The summed E-state index contributed by atoms with van der Waals surface area (Å²) in [4.78, 5) is 34.5. The third-order valence-corrected chi connectivity index (χ3v) is 3.56. The molecule has 8 heteroatoms. The van der Waals surface area contributed by atoms with E-state index in [1.807, 2.05) is 0 Å². The Balaban J connectivity index is 2.08. The number of hydrogen-bond donors (Lipinski definition) is 2. The van der Waals surface area contributed by atoms with Crippen molar-refractivity contribution in [3.63, 3.8) is 0 Å². The Labute approximate surface area is 156 Å². The minimum absolute atomic E-state index is 0.0481. The lowest BCUT2D eigenvalue weighted by molar-refractivity contribution is -0.729. The maximum absolute atomic E-state index is 12.3. The number of nitrogens with one attached hydrogen (secondary N) is 1. The molecule has 0 heterocycles. The van der Waals surface area contributed by atoms with Crippen LogP contribution < -0.4 is 10.1 Å². The topological polar surface area (TPSA) is 105 Å². The van der Waals surface area contributed by atoms with Crippen LogP contribution in [0.3, 0.4) is 0 Å². The van der Waals surface area contributed by atoms with Crippen molar-refractivity contribution >= 4 is 23.3 Å². The molecule has 0 aliphatic heterocycles. The maximum atomic E-state index is 12.3. The summed E-state index contributed by atoms with van der Waals surface area (Å²) in [7, 11) is 0. The van der Waals surface area contributed by atoms with Crippen LogP contribution in [0.1, 0.15) is 30.1 Å². The fraction of sp³-hybridized carbons (Fsp3) is 0.263. The van der Waals surface area contributed by atoms with Crippen LogP contribution in [0.15, 0.2) is 48.5 Å². The number of amides is 1. The molecule has 0 unspecified atom stereocenters. The van der Waals surface area contributed by atoms with Gasteiger partial charge in [0.2, 0.25) is 0 Å². The fourth-order valence-electron chi connectivity index (χ4n) is 2.27. The Hall–Kier alpha value is -3.42. The van der Waals surface area contributed by atoms with Gasteiger partial charge in [0.25, 0.3) is 10.8 Å². The van der Waals surface area contributed by atoms with E-state index in [1.54, 1.807) is 37.3 Å². The normalized spacial score (nSPS) is 10.1. The number of esters is 1. The minimum atomic E-state index is -0.345. The van der Waals surface area contributed by atoms with Crippen LogP contribution in [-0.4, -0.2) is 35.2 Å². The van der Waals surface area contributed by atoms with Crippen molar-refractivity contribution in [2.75, 3.05) is 18.5 Å².